The highest BCUT2D eigenvalue weighted by Gasteiger charge is 2.18. The molecule has 1 aliphatic heterocycles. The van der Waals surface area contributed by atoms with E-state index in [9.17, 15) is 0 Å². The van der Waals surface area contributed by atoms with E-state index in [1.807, 2.05) is 24.3 Å². The van der Waals surface area contributed by atoms with Gasteiger partial charge in [-0.3, -0.25) is 9.80 Å². The lowest BCUT2D eigenvalue weighted by Gasteiger charge is -2.34. The lowest BCUT2D eigenvalue weighted by molar-refractivity contribution is 0.0436. The van der Waals surface area contributed by atoms with Gasteiger partial charge in [0.1, 0.15) is 6.26 Å². The van der Waals surface area contributed by atoms with Crippen molar-refractivity contribution >= 4 is 11.6 Å². The monoisotopic (exact) mass is 363 g/mol. The maximum absolute atomic E-state index is 6.03. The summed E-state index contributed by atoms with van der Waals surface area (Å²) in [4.78, 5) is 9.48. The molecule has 0 unspecified atom stereocenters. The third kappa shape index (κ3) is 5.54. The van der Waals surface area contributed by atoms with Crippen LogP contribution in [0, 0.1) is 0 Å². The molecule has 1 saturated heterocycles. The van der Waals surface area contributed by atoms with Gasteiger partial charge in [0.05, 0.1) is 18.4 Å². The van der Waals surface area contributed by atoms with Crippen molar-refractivity contribution in [2.45, 2.75) is 26.5 Å². The quantitative estimate of drug-likeness (QED) is 0.752. The first-order valence-corrected chi connectivity index (χ1v) is 9.24. The molecule has 0 aliphatic carbocycles. The van der Waals surface area contributed by atoms with Crippen molar-refractivity contribution in [2.24, 2.45) is 0 Å². The standard InChI is InChI=1S/C19H26ClN3O2/c1-15(2)24-11-10-22-6-8-23(9-7-22)13-18-14-25-19(21-18)16-4-3-5-17(20)12-16/h3-5,12,14-15H,6-11,13H2,1-2H3. The number of benzene rings is 1. The van der Waals surface area contributed by atoms with E-state index in [2.05, 4.69) is 28.6 Å². The summed E-state index contributed by atoms with van der Waals surface area (Å²) in [7, 11) is 0. The van der Waals surface area contributed by atoms with E-state index in [1.165, 1.54) is 0 Å². The van der Waals surface area contributed by atoms with Crippen LogP contribution in [-0.2, 0) is 11.3 Å². The first-order valence-electron chi connectivity index (χ1n) is 8.87. The van der Waals surface area contributed by atoms with Crippen LogP contribution in [0.25, 0.3) is 11.5 Å². The first-order chi connectivity index (χ1) is 12.1. The highest BCUT2D eigenvalue weighted by Crippen LogP contribution is 2.22. The van der Waals surface area contributed by atoms with E-state index >= 15 is 0 Å². The fraction of sp³-hybridized carbons (Fsp3) is 0.526. The summed E-state index contributed by atoms with van der Waals surface area (Å²) in [5, 5.41) is 0.690. The van der Waals surface area contributed by atoms with Crippen LogP contribution in [0.2, 0.25) is 5.02 Å². The maximum atomic E-state index is 6.03. The van der Waals surface area contributed by atoms with Gasteiger partial charge < -0.3 is 9.15 Å². The Balaban J connectivity index is 1.46. The number of ether oxygens (including phenoxy) is 1. The Morgan fingerprint density at radius 3 is 2.68 bits per heavy atom. The van der Waals surface area contributed by atoms with Gasteiger partial charge in [0.25, 0.3) is 0 Å². The van der Waals surface area contributed by atoms with Crippen molar-refractivity contribution in [3.8, 4) is 11.5 Å². The molecule has 1 aliphatic rings. The van der Waals surface area contributed by atoms with Crippen molar-refractivity contribution in [1.82, 2.24) is 14.8 Å². The molecule has 6 heteroatoms. The Labute approximate surface area is 154 Å². The molecule has 0 N–H and O–H groups in total. The van der Waals surface area contributed by atoms with Gasteiger partial charge in [0.15, 0.2) is 0 Å². The molecule has 136 valence electrons. The molecule has 0 bridgehead atoms. The number of halogens is 1. The molecule has 0 radical (unpaired) electrons. The summed E-state index contributed by atoms with van der Waals surface area (Å²) >= 11 is 6.03. The van der Waals surface area contributed by atoms with E-state index in [-0.39, 0.29) is 0 Å². The predicted octanol–water partition coefficient (Wildman–Crippen LogP) is 3.54. The molecule has 0 saturated carbocycles. The Hall–Kier alpha value is -1.40. The van der Waals surface area contributed by atoms with Gasteiger partial charge in [0, 0.05) is 49.9 Å². The van der Waals surface area contributed by atoms with Gasteiger partial charge >= 0.3 is 0 Å². The van der Waals surface area contributed by atoms with Crippen molar-refractivity contribution in [3.05, 3.63) is 41.2 Å². The minimum Gasteiger partial charge on any atom is -0.444 e. The molecule has 2 heterocycles. The average molecular weight is 364 g/mol. The Bertz CT molecular complexity index is 666. The van der Waals surface area contributed by atoms with E-state index in [4.69, 9.17) is 20.8 Å². The van der Waals surface area contributed by atoms with Crippen LogP contribution >= 0.6 is 11.6 Å². The second kappa shape index (κ2) is 8.81. The lowest BCUT2D eigenvalue weighted by atomic mass is 10.2. The van der Waals surface area contributed by atoms with E-state index < -0.39 is 0 Å². The van der Waals surface area contributed by atoms with Gasteiger partial charge in [-0.15, -0.1) is 0 Å². The maximum Gasteiger partial charge on any atom is 0.226 e. The number of aromatic nitrogens is 1. The molecule has 1 aromatic heterocycles. The summed E-state index contributed by atoms with van der Waals surface area (Å²) in [5.74, 6) is 0.627. The van der Waals surface area contributed by atoms with Crippen LogP contribution in [0.15, 0.2) is 34.9 Å². The van der Waals surface area contributed by atoms with Crippen LogP contribution in [0.3, 0.4) is 0 Å². The van der Waals surface area contributed by atoms with Gasteiger partial charge in [-0.05, 0) is 32.0 Å². The molecule has 2 aromatic rings. The van der Waals surface area contributed by atoms with Crippen molar-refractivity contribution in [2.75, 3.05) is 39.3 Å². The Morgan fingerprint density at radius 1 is 1.20 bits per heavy atom. The molecule has 5 nitrogen and oxygen atoms in total. The Kier molecular flexibility index (Phi) is 6.48. The normalized spacial score (nSPS) is 16.6. The van der Waals surface area contributed by atoms with Gasteiger partial charge in [0.2, 0.25) is 5.89 Å². The van der Waals surface area contributed by atoms with Crippen LogP contribution in [-0.4, -0.2) is 60.2 Å². The minimum absolute atomic E-state index is 0.308. The fourth-order valence-electron chi connectivity index (χ4n) is 2.95. The summed E-state index contributed by atoms with van der Waals surface area (Å²) in [5.41, 5.74) is 1.88. The van der Waals surface area contributed by atoms with E-state index in [0.717, 1.165) is 57.1 Å². The molecule has 0 spiro atoms. The number of rotatable bonds is 7. The molecular weight excluding hydrogens is 338 g/mol. The zero-order valence-corrected chi connectivity index (χ0v) is 15.7. The highest BCUT2D eigenvalue weighted by molar-refractivity contribution is 6.30. The molecule has 1 fully saturated rings. The third-order valence-corrected chi connectivity index (χ3v) is 4.57. The topological polar surface area (TPSA) is 41.7 Å². The van der Waals surface area contributed by atoms with Crippen LogP contribution in [0.4, 0.5) is 0 Å². The van der Waals surface area contributed by atoms with Gasteiger partial charge in [-0.25, -0.2) is 4.98 Å². The molecule has 0 atom stereocenters. The lowest BCUT2D eigenvalue weighted by Crippen LogP contribution is -2.46. The Morgan fingerprint density at radius 2 is 1.96 bits per heavy atom. The summed E-state index contributed by atoms with van der Waals surface area (Å²) in [6, 6.07) is 7.58. The van der Waals surface area contributed by atoms with Gasteiger partial charge in [-0.2, -0.15) is 0 Å². The van der Waals surface area contributed by atoms with Crippen LogP contribution < -0.4 is 0 Å². The zero-order valence-electron chi connectivity index (χ0n) is 14.9. The smallest absolute Gasteiger partial charge is 0.226 e. The van der Waals surface area contributed by atoms with Crippen molar-refractivity contribution in [1.29, 1.82) is 0 Å². The molecule has 1 aromatic carbocycles. The zero-order chi connectivity index (χ0) is 17.6. The summed E-state index contributed by atoms with van der Waals surface area (Å²) in [6.07, 6.45) is 2.06. The number of oxazole rings is 1. The fourth-order valence-corrected chi connectivity index (χ4v) is 3.14. The molecular formula is C19H26ClN3O2. The average Bonchev–Trinajstić information content (AvgIpc) is 3.05. The number of nitrogens with zero attached hydrogens (tertiary/aromatic N) is 3. The minimum atomic E-state index is 0.308. The number of piperazine rings is 1. The summed E-state index contributed by atoms with van der Waals surface area (Å²) < 4.78 is 11.3. The molecule has 25 heavy (non-hydrogen) atoms. The predicted molar refractivity (Wildman–Crippen MR) is 99.8 cm³/mol. The van der Waals surface area contributed by atoms with Crippen LogP contribution in [0.5, 0.6) is 0 Å². The summed E-state index contributed by atoms with van der Waals surface area (Å²) in [6.45, 7) is 11.0. The van der Waals surface area contributed by atoms with Crippen molar-refractivity contribution < 1.29 is 9.15 Å². The SMILES string of the molecule is CC(C)OCCN1CCN(Cc2coc(-c3cccc(Cl)c3)n2)CC1. The number of hydrogen-bond donors (Lipinski definition) is 0. The van der Waals surface area contributed by atoms with E-state index in [0.29, 0.717) is 17.0 Å². The van der Waals surface area contributed by atoms with Crippen molar-refractivity contribution in [3.63, 3.8) is 0 Å². The molecule has 3 rings (SSSR count). The van der Waals surface area contributed by atoms with E-state index in [1.54, 1.807) is 6.26 Å². The largest absolute Gasteiger partial charge is 0.444 e. The highest BCUT2D eigenvalue weighted by atomic mass is 35.5. The van der Waals surface area contributed by atoms with Gasteiger partial charge in [-0.1, -0.05) is 17.7 Å². The van der Waals surface area contributed by atoms with Crippen LogP contribution in [0.1, 0.15) is 19.5 Å². The molecule has 0 amide bonds. The third-order valence-electron chi connectivity index (χ3n) is 4.33. The second-order valence-corrected chi connectivity index (χ2v) is 7.13. The first kappa shape index (κ1) is 18.4. The number of hydrogen-bond acceptors (Lipinski definition) is 5. The second-order valence-electron chi connectivity index (χ2n) is 6.69.